The lowest BCUT2D eigenvalue weighted by atomic mass is 10.00. The Labute approximate surface area is 73.7 Å². The van der Waals surface area contributed by atoms with Crippen molar-refractivity contribution in [2.75, 3.05) is 0 Å². The molecule has 0 aliphatic heterocycles. The van der Waals surface area contributed by atoms with E-state index in [-0.39, 0.29) is 11.7 Å². The van der Waals surface area contributed by atoms with Crippen LogP contribution in [0.5, 0.6) is 0 Å². The van der Waals surface area contributed by atoms with E-state index in [1.807, 2.05) is 13.8 Å². The second-order valence-corrected chi connectivity index (χ2v) is 2.89. The molecule has 0 rings (SSSR count). The fraction of sp³-hybridized carbons (Fsp3) is 0.400. The molecule has 0 amide bonds. The SMILES string of the molecule is C=CN=C(C)C(=C)C(=O)C(C)C. The van der Waals surface area contributed by atoms with Crippen LogP contribution >= 0.6 is 0 Å². The Morgan fingerprint density at radius 1 is 1.50 bits per heavy atom. The van der Waals surface area contributed by atoms with E-state index in [0.29, 0.717) is 11.3 Å². The predicted molar refractivity (Wildman–Crippen MR) is 52.3 cm³/mol. The minimum Gasteiger partial charge on any atom is -0.294 e. The molecule has 2 heteroatoms. The highest BCUT2D eigenvalue weighted by molar-refractivity contribution is 6.21. The van der Waals surface area contributed by atoms with Gasteiger partial charge >= 0.3 is 0 Å². The summed E-state index contributed by atoms with van der Waals surface area (Å²) in [5, 5.41) is 0. The summed E-state index contributed by atoms with van der Waals surface area (Å²) in [6.45, 7) is 12.6. The van der Waals surface area contributed by atoms with Gasteiger partial charge in [-0.3, -0.25) is 9.79 Å². The van der Waals surface area contributed by atoms with Gasteiger partial charge in [-0.15, -0.1) is 0 Å². The van der Waals surface area contributed by atoms with Crippen LogP contribution in [0.3, 0.4) is 0 Å². The van der Waals surface area contributed by atoms with E-state index in [4.69, 9.17) is 0 Å². The first-order chi connectivity index (χ1) is 5.50. The molecule has 0 fully saturated rings. The van der Waals surface area contributed by atoms with Crippen LogP contribution in [0.1, 0.15) is 20.8 Å². The molecule has 0 saturated carbocycles. The minimum atomic E-state index is -0.0209. The van der Waals surface area contributed by atoms with Crippen molar-refractivity contribution in [1.82, 2.24) is 0 Å². The van der Waals surface area contributed by atoms with Crippen LogP contribution in [-0.2, 0) is 4.79 Å². The number of Topliss-reactive ketones (excluding diaryl/α,β-unsaturated/α-hetero) is 1. The Morgan fingerprint density at radius 2 is 2.00 bits per heavy atom. The molecular formula is C10H15NO. The van der Waals surface area contributed by atoms with Crippen molar-refractivity contribution in [2.24, 2.45) is 10.9 Å². The van der Waals surface area contributed by atoms with Gasteiger partial charge in [0.1, 0.15) is 0 Å². The Balaban J connectivity index is 4.51. The molecule has 0 saturated heterocycles. The van der Waals surface area contributed by atoms with Gasteiger partial charge in [0, 0.05) is 23.4 Å². The van der Waals surface area contributed by atoms with Crippen LogP contribution < -0.4 is 0 Å². The molecule has 0 radical (unpaired) electrons. The maximum atomic E-state index is 11.3. The van der Waals surface area contributed by atoms with Crippen LogP contribution in [0.4, 0.5) is 0 Å². The van der Waals surface area contributed by atoms with E-state index in [1.165, 1.54) is 6.20 Å². The summed E-state index contributed by atoms with van der Waals surface area (Å²) in [7, 11) is 0. The third-order valence-corrected chi connectivity index (χ3v) is 1.54. The highest BCUT2D eigenvalue weighted by Gasteiger charge is 2.12. The van der Waals surface area contributed by atoms with E-state index in [0.717, 1.165) is 0 Å². The largest absolute Gasteiger partial charge is 0.294 e. The number of allylic oxidation sites excluding steroid dienone is 1. The van der Waals surface area contributed by atoms with Gasteiger partial charge in [-0.2, -0.15) is 0 Å². The zero-order chi connectivity index (χ0) is 9.72. The summed E-state index contributed by atoms with van der Waals surface area (Å²) >= 11 is 0. The third-order valence-electron chi connectivity index (χ3n) is 1.54. The molecule has 0 heterocycles. The first-order valence-corrected chi connectivity index (χ1v) is 3.89. The minimum absolute atomic E-state index is 0.0209. The lowest BCUT2D eigenvalue weighted by Crippen LogP contribution is -2.14. The van der Waals surface area contributed by atoms with E-state index in [9.17, 15) is 4.79 Å². The Morgan fingerprint density at radius 3 is 2.33 bits per heavy atom. The Kier molecular flexibility index (Phi) is 4.19. The number of hydrogen-bond acceptors (Lipinski definition) is 2. The molecule has 0 bridgehead atoms. The second-order valence-electron chi connectivity index (χ2n) is 2.89. The maximum absolute atomic E-state index is 11.3. The zero-order valence-electron chi connectivity index (χ0n) is 7.92. The molecule has 0 aromatic heterocycles. The van der Waals surface area contributed by atoms with Crippen molar-refractivity contribution in [2.45, 2.75) is 20.8 Å². The summed E-state index contributed by atoms with van der Waals surface area (Å²) in [4.78, 5) is 15.2. The van der Waals surface area contributed by atoms with Crippen molar-refractivity contribution in [1.29, 1.82) is 0 Å². The van der Waals surface area contributed by atoms with Crippen LogP contribution in [0.25, 0.3) is 0 Å². The third kappa shape index (κ3) is 2.82. The molecule has 0 aliphatic rings. The van der Waals surface area contributed by atoms with Crippen molar-refractivity contribution in [3.8, 4) is 0 Å². The number of carbonyl (C=O) groups excluding carboxylic acids is 1. The molecular weight excluding hydrogens is 150 g/mol. The fourth-order valence-electron chi connectivity index (χ4n) is 0.742. The monoisotopic (exact) mass is 165 g/mol. The van der Waals surface area contributed by atoms with Gasteiger partial charge in [-0.05, 0) is 6.92 Å². The number of carbonyl (C=O) groups is 1. The molecule has 0 spiro atoms. The summed E-state index contributed by atoms with van der Waals surface area (Å²) in [5.74, 6) is 0.0190. The first kappa shape index (κ1) is 10.8. The van der Waals surface area contributed by atoms with E-state index in [2.05, 4.69) is 18.2 Å². The number of nitrogens with zero attached hydrogens (tertiary/aromatic N) is 1. The highest BCUT2D eigenvalue weighted by Crippen LogP contribution is 2.05. The molecule has 2 nitrogen and oxygen atoms in total. The van der Waals surface area contributed by atoms with Gasteiger partial charge in [0.05, 0.1) is 0 Å². The molecule has 0 aliphatic carbocycles. The lowest BCUT2D eigenvalue weighted by Gasteiger charge is -2.05. The van der Waals surface area contributed by atoms with Gasteiger partial charge in [0.15, 0.2) is 5.78 Å². The van der Waals surface area contributed by atoms with Crippen molar-refractivity contribution < 1.29 is 4.79 Å². The molecule has 0 aromatic rings. The zero-order valence-corrected chi connectivity index (χ0v) is 7.92. The summed E-state index contributed by atoms with van der Waals surface area (Å²) in [5.41, 5.74) is 1.12. The van der Waals surface area contributed by atoms with Gasteiger partial charge < -0.3 is 0 Å². The Bertz CT molecular complexity index is 236. The van der Waals surface area contributed by atoms with Gasteiger partial charge in [0.2, 0.25) is 0 Å². The molecule has 0 unspecified atom stereocenters. The molecule has 0 atom stereocenters. The van der Waals surface area contributed by atoms with Gasteiger partial charge in [-0.25, -0.2) is 0 Å². The summed E-state index contributed by atoms with van der Waals surface area (Å²) in [6.07, 6.45) is 1.41. The van der Waals surface area contributed by atoms with E-state index < -0.39 is 0 Å². The van der Waals surface area contributed by atoms with Crippen molar-refractivity contribution in [3.05, 3.63) is 24.9 Å². The van der Waals surface area contributed by atoms with E-state index >= 15 is 0 Å². The predicted octanol–water partition coefficient (Wildman–Crippen LogP) is 2.37. The molecule has 66 valence electrons. The van der Waals surface area contributed by atoms with E-state index in [1.54, 1.807) is 6.92 Å². The van der Waals surface area contributed by atoms with Gasteiger partial charge in [-0.1, -0.05) is 27.0 Å². The normalized spacial score (nSPS) is 11.5. The van der Waals surface area contributed by atoms with Gasteiger partial charge in [0.25, 0.3) is 0 Å². The van der Waals surface area contributed by atoms with Crippen LogP contribution in [0, 0.1) is 5.92 Å². The van der Waals surface area contributed by atoms with Crippen LogP contribution in [0.15, 0.2) is 29.9 Å². The summed E-state index contributed by atoms with van der Waals surface area (Å²) in [6, 6.07) is 0. The summed E-state index contributed by atoms with van der Waals surface area (Å²) < 4.78 is 0. The molecule has 0 aromatic carbocycles. The molecule has 0 N–H and O–H groups in total. The van der Waals surface area contributed by atoms with Crippen molar-refractivity contribution in [3.63, 3.8) is 0 Å². The fourth-order valence-corrected chi connectivity index (χ4v) is 0.742. The maximum Gasteiger partial charge on any atom is 0.166 e. The number of hydrogen-bond donors (Lipinski definition) is 0. The number of ketones is 1. The average molecular weight is 165 g/mol. The average Bonchev–Trinajstić information content (AvgIpc) is 2.02. The second kappa shape index (κ2) is 4.65. The Hall–Kier alpha value is -1.18. The number of rotatable bonds is 4. The quantitative estimate of drug-likeness (QED) is 0.464. The number of aliphatic imine (C=N–C) groups is 1. The van der Waals surface area contributed by atoms with Crippen molar-refractivity contribution >= 4 is 11.5 Å². The standard InChI is InChI=1S/C10H15NO/c1-6-11-9(5)8(4)10(12)7(2)3/h6-7H,1,4H2,2-3,5H3. The highest BCUT2D eigenvalue weighted by atomic mass is 16.1. The van der Waals surface area contributed by atoms with Crippen LogP contribution in [0.2, 0.25) is 0 Å². The first-order valence-electron chi connectivity index (χ1n) is 3.89. The van der Waals surface area contributed by atoms with Crippen LogP contribution in [-0.4, -0.2) is 11.5 Å². The smallest absolute Gasteiger partial charge is 0.166 e. The lowest BCUT2D eigenvalue weighted by molar-refractivity contribution is -0.117. The molecule has 12 heavy (non-hydrogen) atoms. The topological polar surface area (TPSA) is 29.4 Å².